The van der Waals surface area contributed by atoms with Crippen LogP contribution in [0.25, 0.3) is 17.0 Å². The van der Waals surface area contributed by atoms with Crippen LogP contribution in [0.3, 0.4) is 0 Å². The number of urea groups is 1. The van der Waals surface area contributed by atoms with Crippen molar-refractivity contribution >= 4 is 28.9 Å². The first-order chi connectivity index (χ1) is 16.0. The molecule has 164 valence electrons. The van der Waals surface area contributed by atoms with E-state index in [1.807, 2.05) is 68.4 Å². The first-order valence-electron chi connectivity index (χ1n) is 10.5. The van der Waals surface area contributed by atoms with E-state index in [1.165, 1.54) is 0 Å². The SMILES string of the molecule is CC1=C(c2nc(-c3ccccc3)no2)C(c2ccc(C)cc2)NC(=O)N1c1ccc(Cl)cc1. The Bertz CT molecular complexity index is 1330. The average Bonchev–Trinajstić information content (AvgIpc) is 3.31. The molecule has 0 fully saturated rings. The molecule has 0 aliphatic carbocycles. The van der Waals surface area contributed by atoms with Crippen LogP contribution in [0.5, 0.6) is 0 Å². The highest BCUT2D eigenvalue weighted by Crippen LogP contribution is 2.39. The fourth-order valence-electron chi connectivity index (χ4n) is 3.97. The van der Waals surface area contributed by atoms with Gasteiger partial charge < -0.3 is 9.84 Å². The molecule has 0 saturated heterocycles. The van der Waals surface area contributed by atoms with Gasteiger partial charge in [0.25, 0.3) is 5.89 Å². The third kappa shape index (κ3) is 4.01. The van der Waals surface area contributed by atoms with E-state index in [4.69, 9.17) is 16.1 Å². The molecular weight excluding hydrogens is 436 g/mol. The number of aryl methyl sites for hydroxylation is 1. The number of amides is 2. The Morgan fingerprint density at radius 3 is 2.33 bits per heavy atom. The van der Waals surface area contributed by atoms with Gasteiger partial charge in [-0.25, -0.2) is 4.79 Å². The van der Waals surface area contributed by atoms with Crippen LogP contribution < -0.4 is 10.2 Å². The lowest BCUT2D eigenvalue weighted by Gasteiger charge is -2.35. The third-order valence-corrected chi connectivity index (χ3v) is 5.92. The molecule has 1 unspecified atom stereocenters. The number of allylic oxidation sites excluding steroid dienone is 1. The number of nitrogens with one attached hydrogen (secondary N) is 1. The summed E-state index contributed by atoms with van der Waals surface area (Å²) in [5.74, 6) is 0.847. The molecule has 1 aliphatic rings. The second-order valence-corrected chi connectivity index (χ2v) is 8.33. The van der Waals surface area contributed by atoms with Crippen LogP contribution in [0.4, 0.5) is 10.5 Å². The van der Waals surface area contributed by atoms with Crippen LogP contribution in [0.1, 0.15) is 30.0 Å². The Morgan fingerprint density at radius 2 is 1.64 bits per heavy atom. The minimum atomic E-state index is -0.439. The topological polar surface area (TPSA) is 71.3 Å². The number of hydrogen-bond donors (Lipinski definition) is 1. The van der Waals surface area contributed by atoms with Crippen molar-refractivity contribution in [3.05, 3.63) is 107 Å². The molecule has 2 amide bonds. The van der Waals surface area contributed by atoms with Gasteiger partial charge in [-0.15, -0.1) is 0 Å². The zero-order valence-electron chi connectivity index (χ0n) is 18.1. The molecule has 6 nitrogen and oxygen atoms in total. The molecule has 0 radical (unpaired) electrons. The first kappa shape index (κ1) is 21.0. The lowest BCUT2D eigenvalue weighted by atomic mass is 9.94. The highest BCUT2D eigenvalue weighted by Gasteiger charge is 2.36. The molecule has 33 heavy (non-hydrogen) atoms. The summed E-state index contributed by atoms with van der Waals surface area (Å²) in [5.41, 5.74) is 5.05. The molecule has 3 aromatic carbocycles. The first-order valence-corrected chi connectivity index (χ1v) is 10.9. The minimum Gasteiger partial charge on any atom is -0.334 e. The van der Waals surface area contributed by atoms with Crippen LogP contribution in [0, 0.1) is 6.92 Å². The van der Waals surface area contributed by atoms with Gasteiger partial charge in [-0.3, -0.25) is 4.90 Å². The van der Waals surface area contributed by atoms with Gasteiger partial charge in [0.2, 0.25) is 5.82 Å². The summed E-state index contributed by atoms with van der Waals surface area (Å²) < 4.78 is 5.72. The van der Waals surface area contributed by atoms with Crippen molar-refractivity contribution in [2.24, 2.45) is 0 Å². The minimum absolute atomic E-state index is 0.244. The van der Waals surface area contributed by atoms with Gasteiger partial charge in [-0.05, 0) is 43.7 Å². The molecule has 0 saturated carbocycles. The van der Waals surface area contributed by atoms with Crippen molar-refractivity contribution in [2.45, 2.75) is 19.9 Å². The second-order valence-electron chi connectivity index (χ2n) is 7.89. The zero-order valence-corrected chi connectivity index (χ0v) is 18.9. The number of carbonyl (C=O) groups excluding carboxylic acids is 1. The van der Waals surface area contributed by atoms with Gasteiger partial charge in [0.15, 0.2) is 0 Å². The monoisotopic (exact) mass is 456 g/mol. The smallest absolute Gasteiger partial charge is 0.326 e. The lowest BCUT2D eigenvalue weighted by molar-refractivity contribution is 0.244. The summed E-state index contributed by atoms with van der Waals surface area (Å²) in [7, 11) is 0. The summed E-state index contributed by atoms with van der Waals surface area (Å²) >= 11 is 6.06. The number of rotatable bonds is 4. The fourth-order valence-corrected chi connectivity index (χ4v) is 4.09. The molecule has 1 aromatic heterocycles. The standard InChI is InChI=1S/C26H21ClN4O2/c1-16-8-10-18(11-9-16)23-22(25-29-24(30-33-25)19-6-4-3-5-7-19)17(2)31(26(32)28-23)21-14-12-20(27)13-15-21/h3-15,23H,1-2H3,(H,28,32). The van der Waals surface area contributed by atoms with E-state index in [0.29, 0.717) is 28.1 Å². The van der Waals surface area contributed by atoms with Gasteiger partial charge in [0.05, 0.1) is 17.3 Å². The number of hydrogen-bond acceptors (Lipinski definition) is 4. The molecule has 4 aromatic rings. The summed E-state index contributed by atoms with van der Waals surface area (Å²) in [5, 5.41) is 7.91. The van der Waals surface area contributed by atoms with Gasteiger partial charge in [-0.2, -0.15) is 4.98 Å². The van der Waals surface area contributed by atoms with Crippen molar-refractivity contribution in [3.63, 3.8) is 0 Å². The molecule has 0 bridgehead atoms. The predicted octanol–water partition coefficient (Wildman–Crippen LogP) is 6.40. The Labute approximate surface area is 196 Å². The van der Waals surface area contributed by atoms with Gasteiger partial charge in [-0.1, -0.05) is 76.9 Å². The molecule has 1 N–H and O–H groups in total. The lowest BCUT2D eigenvalue weighted by Crippen LogP contribution is -2.46. The number of carbonyl (C=O) groups is 1. The Balaban J connectivity index is 1.65. The van der Waals surface area contributed by atoms with E-state index < -0.39 is 6.04 Å². The molecule has 5 rings (SSSR count). The highest BCUT2D eigenvalue weighted by atomic mass is 35.5. The maximum Gasteiger partial charge on any atom is 0.326 e. The van der Waals surface area contributed by atoms with Crippen LogP contribution >= 0.6 is 11.6 Å². The van der Waals surface area contributed by atoms with E-state index in [-0.39, 0.29) is 6.03 Å². The normalized spacial score (nSPS) is 16.2. The van der Waals surface area contributed by atoms with Crippen LogP contribution in [-0.4, -0.2) is 16.2 Å². The molecule has 1 atom stereocenters. The number of anilines is 1. The molecule has 2 heterocycles. The summed E-state index contributed by atoms with van der Waals surface area (Å²) in [4.78, 5) is 19.5. The summed E-state index contributed by atoms with van der Waals surface area (Å²) in [6.07, 6.45) is 0. The number of halogens is 1. The van der Waals surface area contributed by atoms with Crippen molar-refractivity contribution in [2.75, 3.05) is 4.90 Å². The Hall–Kier alpha value is -3.90. The fraction of sp³-hybridized carbons (Fsp3) is 0.115. The van der Waals surface area contributed by atoms with Crippen LogP contribution in [0.2, 0.25) is 5.02 Å². The van der Waals surface area contributed by atoms with Gasteiger partial charge >= 0.3 is 6.03 Å². The highest BCUT2D eigenvalue weighted by molar-refractivity contribution is 6.30. The predicted molar refractivity (Wildman–Crippen MR) is 129 cm³/mol. The van der Waals surface area contributed by atoms with Crippen molar-refractivity contribution in [1.82, 2.24) is 15.5 Å². The summed E-state index contributed by atoms with van der Waals surface area (Å²) in [6.45, 7) is 3.91. The van der Waals surface area contributed by atoms with Crippen LogP contribution in [0.15, 0.2) is 89.1 Å². The molecule has 1 aliphatic heterocycles. The van der Waals surface area contributed by atoms with E-state index in [0.717, 1.165) is 22.3 Å². The second kappa shape index (κ2) is 8.56. The number of nitrogens with zero attached hydrogens (tertiary/aromatic N) is 3. The van der Waals surface area contributed by atoms with E-state index in [9.17, 15) is 4.79 Å². The van der Waals surface area contributed by atoms with Crippen molar-refractivity contribution < 1.29 is 9.32 Å². The third-order valence-electron chi connectivity index (χ3n) is 5.67. The Morgan fingerprint density at radius 1 is 0.939 bits per heavy atom. The molecular formula is C26H21ClN4O2. The number of aromatic nitrogens is 2. The Kier molecular flexibility index (Phi) is 5.44. The van der Waals surface area contributed by atoms with E-state index in [1.54, 1.807) is 29.2 Å². The van der Waals surface area contributed by atoms with Gasteiger partial charge in [0.1, 0.15) is 0 Å². The maximum atomic E-state index is 13.2. The summed E-state index contributed by atoms with van der Waals surface area (Å²) in [6, 6.07) is 24.1. The van der Waals surface area contributed by atoms with E-state index >= 15 is 0 Å². The van der Waals surface area contributed by atoms with E-state index in [2.05, 4.69) is 15.5 Å². The molecule has 7 heteroatoms. The van der Waals surface area contributed by atoms with Crippen LogP contribution in [-0.2, 0) is 0 Å². The molecule has 0 spiro atoms. The zero-order chi connectivity index (χ0) is 22.9. The maximum absolute atomic E-state index is 13.2. The average molecular weight is 457 g/mol. The van der Waals surface area contributed by atoms with Gasteiger partial charge in [0, 0.05) is 16.3 Å². The largest absolute Gasteiger partial charge is 0.334 e. The quantitative estimate of drug-likeness (QED) is 0.385. The van der Waals surface area contributed by atoms with Crippen molar-refractivity contribution in [3.8, 4) is 11.4 Å². The number of benzene rings is 3. The van der Waals surface area contributed by atoms with Crippen molar-refractivity contribution in [1.29, 1.82) is 0 Å².